The minimum absolute atomic E-state index is 0.223. The molecular formula is C9H7BrClN3O. The van der Waals surface area contributed by atoms with Crippen molar-refractivity contribution in [3.63, 3.8) is 0 Å². The van der Waals surface area contributed by atoms with E-state index in [1.807, 2.05) is 6.07 Å². The quantitative estimate of drug-likeness (QED) is 0.922. The predicted octanol–water partition coefficient (Wildman–Crippen LogP) is 2.61. The average Bonchev–Trinajstić information content (AvgIpc) is 2.66. The van der Waals surface area contributed by atoms with Gasteiger partial charge < -0.3 is 10.2 Å². The number of hydrogen-bond donors (Lipinski definition) is 1. The Bertz CT molecular complexity index is 486. The van der Waals surface area contributed by atoms with Crippen molar-refractivity contribution < 1.29 is 4.42 Å². The summed E-state index contributed by atoms with van der Waals surface area (Å²) in [6, 6.07) is 5.43. The van der Waals surface area contributed by atoms with Gasteiger partial charge in [-0.3, -0.25) is 0 Å². The van der Waals surface area contributed by atoms with Crippen LogP contribution in [-0.4, -0.2) is 10.2 Å². The van der Waals surface area contributed by atoms with Gasteiger partial charge in [-0.15, -0.1) is 10.2 Å². The van der Waals surface area contributed by atoms with Gasteiger partial charge in [0.25, 0.3) is 0 Å². The summed E-state index contributed by atoms with van der Waals surface area (Å²) in [5.74, 6) is 0.775. The Kier molecular flexibility index (Phi) is 3.04. The summed E-state index contributed by atoms with van der Waals surface area (Å²) in [5.41, 5.74) is 6.07. The Morgan fingerprint density at radius 1 is 1.40 bits per heavy atom. The standard InChI is InChI=1S/C9H7BrClN3O/c10-5-1-2-6(7(11)3-5)9-14-13-8(4-12)15-9/h1-3H,4,12H2. The Morgan fingerprint density at radius 2 is 2.20 bits per heavy atom. The number of nitrogens with zero attached hydrogens (tertiary/aromatic N) is 2. The Labute approximate surface area is 99.6 Å². The van der Waals surface area contributed by atoms with Gasteiger partial charge in [0.05, 0.1) is 17.1 Å². The fraction of sp³-hybridized carbons (Fsp3) is 0.111. The van der Waals surface area contributed by atoms with Crippen molar-refractivity contribution in [3.05, 3.63) is 33.6 Å². The van der Waals surface area contributed by atoms with Crippen molar-refractivity contribution in [1.82, 2.24) is 10.2 Å². The van der Waals surface area contributed by atoms with Crippen LogP contribution in [0.3, 0.4) is 0 Å². The maximum atomic E-state index is 6.03. The largest absolute Gasteiger partial charge is 0.419 e. The molecule has 0 aliphatic heterocycles. The SMILES string of the molecule is NCc1nnc(-c2ccc(Br)cc2Cl)o1. The molecule has 0 aliphatic rings. The number of halogens is 2. The van der Waals surface area contributed by atoms with Gasteiger partial charge in [-0.1, -0.05) is 27.5 Å². The van der Waals surface area contributed by atoms with Gasteiger partial charge in [-0.05, 0) is 18.2 Å². The third kappa shape index (κ3) is 2.19. The first kappa shape index (κ1) is 10.6. The van der Waals surface area contributed by atoms with E-state index in [1.165, 1.54) is 0 Å². The van der Waals surface area contributed by atoms with Crippen LogP contribution in [0, 0.1) is 0 Å². The zero-order valence-corrected chi connectivity index (χ0v) is 9.92. The van der Waals surface area contributed by atoms with E-state index in [9.17, 15) is 0 Å². The zero-order chi connectivity index (χ0) is 10.8. The van der Waals surface area contributed by atoms with E-state index in [4.69, 9.17) is 21.8 Å². The molecule has 2 aromatic rings. The van der Waals surface area contributed by atoms with Crippen LogP contribution in [0.5, 0.6) is 0 Å². The van der Waals surface area contributed by atoms with E-state index in [2.05, 4.69) is 26.1 Å². The molecule has 0 amide bonds. The Hall–Kier alpha value is -0.910. The van der Waals surface area contributed by atoms with Gasteiger partial charge >= 0.3 is 0 Å². The van der Waals surface area contributed by atoms with Crippen molar-refractivity contribution in [2.24, 2.45) is 5.73 Å². The Balaban J connectivity index is 2.44. The van der Waals surface area contributed by atoms with Crippen molar-refractivity contribution in [2.75, 3.05) is 0 Å². The van der Waals surface area contributed by atoms with Crippen LogP contribution in [-0.2, 0) is 6.54 Å². The summed E-state index contributed by atoms with van der Waals surface area (Å²) in [7, 11) is 0. The van der Waals surface area contributed by atoms with E-state index in [0.717, 1.165) is 4.47 Å². The molecule has 0 atom stereocenters. The van der Waals surface area contributed by atoms with Crippen molar-refractivity contribution in [1.29, 1.82) is 0 Å². The van der Waals surface area contributed by atoms with E-state index in [-0.39, 0.29) is 6.54 Å². The molecule has 0 radical (unpaired) electrons. The van der Waals surface area contributed by atoms with E-state index in [0.29, 0.717) is 22.4 Å². The van der Waals surface area contributed by atoms with Gasteiger partial charge in [0, 0.05) is 4.47 Å². The highest BCUT2D eigenvalue weighted by Crippen LogP contribution is 2.29. The number of rotatable bonds is 2. The van der Waals surface area contributed by atoms with Crippen LogP contribution in [0.2, 0.25) is 5.02 Å². The summed E-state index contributed by atoms with van der Waals surface area (Å²) in [6.45, 7) is 0.223. The topological polar surface area (TPSA) is 64.9 Å². The van der Waals surface area contributed by atoms with Gasteiger partial charge in [-0.2, -0.15) is 0 Å². The van der Waals surface area contributed by atoms with E-state index >= 15 is 0 Å². The lowest BCUT2D eigenvalue weighted by molar-refractivity contribution is 0.509. The monoisotopic (exact) mass is 287 g/mol. The second-order valence-electron chi connectivity index (χ2n) is 2.83. The first-order valence-electron chi connectivity index (χ1n) is 4.18. The minimum Gasteiger partial charge on any atom is -0.419 e. The number of benzene rings is 1. The second-order valence-corrected chi connectivity index (χ2v) is 4.15. The highest BCUT2D eigenvalue weighted by molar-refractivity contribution is 9.10. The van der Waals surface area contributed by atoms with E-state index < -0.39 is 0 Å². The molecule has 4 nitrogen and oxygen atoms in total. The molecule has 1 aromatic heterocycles. The molecule has 1 aromatic carbocycles. The van der Waals surface area contributed by atoms with Crippen LogP contribution in [0.4, 0.5) is 0 Å². The highest BCUT2D eigenvalue weighted by atomic mass is 79.9. The van der Waals surface area contributed by atoms with Gasteiger partial charge in [0.15, 0.2) is 0 Å². The molecule has 0 saturated carbocycles. The molecule has 78 valence electrons. The average molecular weight is 289 g/mol. The molecule has 0 fully saturated rings. The summed E-state index contributed by atoms with van der Waals surface area (Å²) in [6.07, 6.45) is 0. The number of nitrogens with two attached hydrogens (primary N) is 1. The summed E-state index contributed by atoms with van der Waals surface area (Å²) < 4.78 is 6.19. The number of aromatic nitrogens is 2. The van der Waals surface area contributed by atoms with Crippen molar-refractivity contribution in [3.8, 4) is 11.5 Å². The fourth-order valence-electron chi connectivity index (χ4n) is 1.11. The summed E-state index contributed by atoms with van der Waals surface area (Å²) in [4.78, 5) is 0. The molecule has 0 spiro atoms. The lowest BCUT2D eigenvalue weighted by Crippen LogP contribution is -1.95. The first-order chi connectivity index (χ1) is 7.20. The lowest BCUT2D eigenvalue weighted by Gasteiger charge is -1.98. The van der Waals surface area contributed by atoms with E-state index in [1.54, 1.807) is 12.1 Å². The van der Waals surface area contributed by atoms with Crippen LogP contribution in [0.15, 0.2) is 27.1 Å². The van der Waals surface area contributed by atoms with Crippen LogP contribution in [0.1, 0.15) is 5.89 Å². The van der Waals surface area contributed by atoms with Crippen LogP contribution in [0.25, 0.3) is 11.5 Å². The molecule has 15 heavy (non-hydrogen) atoms. The highest BCUT2D eigenvalue weighted by Gasteiger charge is 2.11. The molecule has 6 heteroatoms. The smallest absolute Gasteiger partial charge is 0.249 e. The summed E-state index contributed by atoms with van der Waals surface area (Å²) in [5, 5.41) is 8.17. The van der Waals surface area contributed by atoms with Crippen molar-refractivity contribution >= 4 is 27.5 Å². The van der Waals surface area contributed by atoms with Gasteiger partial charge in [-0.25, -0.2) is 0 Å². The molecule has 0 bridgehead atoms. The molecule has 0 unspecified atom stereocenters. The zero-order valence-electron chi connectivity index (χ0n) is 7.58. The van der Waals surface area contributed by atoms with Crippen LogP contribution < -0.4 is 5.73 Å². The molecule has 2 rings (SSSR count). The molecule has 1 heterocycles. The van der Waals surface area contributed by atoms with Crippen LogP contribution >= 0.6 is 27.5 Å². The predicted molar refractivity (Wildman–Crippen MR) is 60.3 cm³/mol. The maximum Gasteiger partial charge on any atom is 0.249 e. The second kappa shape index (κ2) is 4.30. The molecule has 0 saturated heterocycles. The van der Waals surface area contributed by atoms with Gasteiger partial charge in [0.2, 0.25) is 11.8 Å². The Morgan fingerprint density at radius 3 is 2.80 bits per heavy atom. The first-order valence-corrected chi connectivity index (χ1v) is 5.35. The fourth-order valence-corrected chi connectivity index (χ4v) is 1.86. The van der Waals surface area contributed by atoms with Gasteiger partial charge in [0.1, 0.15) is 0 Å². The third-order valence-electron chi connectivity index (χ3n) is 1.80. The molecular weight excluding hydrogens is 281 g/mol. The minimum atomic E-state index is 0.223. The number of hydrogen-bond acceptors (Lipinski definition) is 4. The normalized spacial score (nSPS) is 10.6. The maximum absolute atomic E-state index is 6.03. The molecule has 0 aliphatic carbocycles. The third-order valence-corrected chi connectivity index (χ3v) is 2.61. The summed E-state index contributed by atoms with van der Waals surface area (Å²) >= 11 is 9.34. The van der Waals surface area contributed by atoms with Crippen molar-refractivity contribution in [2.45, 2.75) is 6.54 Å². The molecule has 2 N–H and O–H groups in total. The lowest BCUT2D eigenvalue weighted by atomic mass is 10.2.